The molecule has 43 heavy (non-hydrogen) atoms. The summed E-state index contributed by atoms with van der Waals surface area (Å²) in [7, 11) is -2.55. The van der Waals surface area contributed by atoms with E-state index in [0.717, 1.165) is 17.8 Å². The van der Waals surface area contributed by atoms with Crippen molar-refractivity contribution in [2.45, 2.75) is 70.6 Å². The van der Waals surface area contributed by atoms with Crippen molar-refractivity contribution in [3.63, 3.8) is 0 Å². The fourth-order valence-corrected chi connectivity index (χ4v) is 8.25. The van der Waals surface area contributed by atoms with Gasteiger partial charge in [-0.3, -0.25) is 9.59 Å². The van der Waals surface area contributed by atoms with Crippen LogP contribution in [0.25, 0.3) is 0 Å². The predicted octanol–water partition coefficient (Wildman–Crippen LogP) is 7.48. The second-order valence-electron chi connectivity index (χ2n) is 13.2. The van der Waals surface area contributed by atoms with Crippen LogP contribution in [-0.2, 0) is 24.4 Å². The number of rotatable bonds is 8. The Morgan fingerprint density at radius 1 is 0.860 bits per heavy atom. The highest BCUT2D eigenvalue weighted by Crippen LogP contribution is 2.55. The molecule has 0 saturated heterocycles. The average molecular weight is 647 g/mol. The van der Waals surface area contributed by atoms with Gasteiger partial charge in [0.2, 0.25) is 0 Å². The number of methoxy groups -OCH3 is 1. The highest BCUT2D eigenvalue weighted by molar-refractivity contribution is 7.87. The second kappa shape index (κ2) is 11.7. The highest BCUT2D eigenvalue weighted by Gasteiger charge is 2.49. The van der Waals surface area contributed by atoms with Gasteiger partial charge in [-0.2, -0.15) is 8.42 Å². The molecule has 0 unspecified atom stereocenters. The molecule has 0 saturated carbocycles. The van der Waals surface area contributed by atoms with Gasteiger partial charge in [-0.1, -0.05) is 69.1 Å². The molecule has 7 nitrogen and oxygen atoms in total. The Hall–Kier alpha value is -2.65. The zero-order valence-corrected chi connectivity index (χ0v) is 27.5. The Morgan fingerprint density at radius 2 is 1.37 bits per heavy atom. The van der Waals surface area contributed by atoms with Crippen LogP contribution < -0.4 is 4.18 Å². The summed E-state index contributed by atoms with van der Waals surface area (Å²) >= 11 is 13.3. The van der Waals surface area contributed by atoms with Gasteiger partial charge in [-0.25, -0.2) is 0 Å². The molecule has 10 heteroatoms. The summed E-state index contributed by atoms with van der Waals surface area (Å²) in [6.45, 7) is 9.52. The number of hydrogen-bond acceptors (Lipinski definition) is 7. The van der Waals surface area contributed by atoms with Gasteiger partial charge < -0.3 is 13.8 Å². The second-order valence-corrected chi connectivity index (χ2v) is 15.6. The molecule has 230 valence electrons. The van der Waals surface area contributed by atoms with Crippen molar-refractivity contribution in [3.05, 3.63) is 80.6 Å². The number of carbonyl (C=O) groups is 2. The molecule has 0 aromatic heterocycles. The van der Waals surface area contributed by atoms with Crippen LogP contribution in [0.2, 0.25) is 10.0 Å². The summed E-state index contributed by atoms with van der Waals surface area (Å²) in [5, 5.41) is -0.0537. The van der Waals surface area contributed by atoms with E-state index in [9.17, 15) is 18.0 Å². The Balaban J connectivity index is 1.67. The molecule has 2 aliphatic carbocycles. The van der Waals surface area contributed by atoms with Crippen LogP contribution in [0.3, 0.4) is 0 Å². The molecule has 1 heterocycles. The number of benzene rings is 2. The minimum Gasteiger partial charge on any atom is -0.385 e. The normalized spacial score (nSPS) is 20.3. The van der Waals surface area contributed by atoms with Crippen LogP contribution in [0, 0.1) is 10.8 Å². The van der Waals surface area contributed by atoms with Crippen LogP contribution in [0.4, 0.5) is 0 Å². The fourth-order valence-electron chi connectivity index (χ4n) is 6.59. The number of hydrogen-bond donors (Lipinski definition) is 0. The molecule has 0 amide bonds. The van der Waals surface area contributed by atoms with E-state index in [1.165, 1.54) is 12.1 Å². The van der Waals surface area contributed by atoms with Crippen molar-refractivity contribution in [2.75, 3.05) is 20.3 Å². The van der Waals surface area contributed by atoms with Gasteiger partial charge >= 0.3 is 10.1 Å². The maximum atomic E-state index is 14.0. The number of allylic oxidation sites excluding steroid dienone is 4. The third-order valence-corrected chi connectivity index (χ3v) is 10.1. The molecule has 0 radical (unpaired) electrons. The maximum absolute atomic E-state index is 14.0. The van der Waals surface area contributed by atoms with Crippen LogP contribution in [0.1, 0.15) is 71.3 Å². The summed E-state index contributed by atoms with van der Waals surface area (Å²) in [6, 6.07) is 10.9. The summed E-state index contributed by atoms with van der Waals surface area (Å²) in [5.41, 5.74) is 3.05. The Bertz CT molecular complexity index is 1570. The third-order valence-electron chi connectivity index (χ3n) is 8.33. The predicted molar refractivity (Wildman–Crippen MR) is 167 cm³/mol. The van der Waals surface area contributed by atoms with E-state index < -0.39 is 16.0 Å². The lowest BCUT2D eigenvalue weighted by molar-refractivity contribution is -0.119. The number of carbonyl (C=O) groups excluding carboxylic acids is 2. The van der Waals surface area contributed by atoms with Gasteiger partial charge in [0.1, 0.15) is 4.90 Å². The standard InChI is InChI=1S/C33H37Cl2NO6S/c1-32(2)16-24-29(26(37)18-32)28(30-25(36(24)12-9-13-41-5)17-33(3,4)19-27(30)38)20-14-22(34)31(23(35)15-20)42-43(39,40)21-10-7-6-8-11-21/h6-8,10-11,14-15,28H,9,12-13,16-19H2,1-5H3. The summed E-state index contributed by atoms with van der Waals surface area (Å²) in [5.74, 6) is -0.915. The monoisotopic (exact) mass is 645 g/mol. The van der Waals surface area contributed by atoms with Crippen molar-refractivity contribution in [1.82, 2.24) is 4.90 Å². The lowest BCUT2D eigenvalue weighted by Crippen LogP contribution is -2.44. The van der Waals surface area contributed by atoms with Crippen molar-refractivity contribution in [2.24, 2.45) is 10.8 Å². The molecule has 2 aromatic carbocycles. The summed E-state index contributed by atoms with van der Waals surface area (Å²) in [4.78, 5) is 30.1. The first-order chi connectivity index (χ1) is 20.1. The zero-order chi connectivity index (χ0) is 31.3. The zero-order valence-electron chi connectivity index (χ0n) is 25.1. The minimum absolute atomic E-state index is 0.0172. The number of nitrogens with zero attached hydrogens (tertiary/aromatic N) is 1. The van der Waals surface area contributed by atoms with E-state index in [2.05, 4.69) is 32.6 Å². The van der Waals surface area contributed by atoms with Gasteiger partial charge in [0.05, 0.1) is 10.0 Å². The largest absolute Gasteiger partial charge is 0.385 e. The van der Waals surface area contributed by atoms with Crippen LogP contribution in [0.15, 0.2) is 69.9 Å². The molecule has 3 aliphatic rings. The maximum Gasteiger partial charge on any atom is 0.339 e. The number of Topliss-reactive ketones (excluding diaryl/α,β-unsaturated/α-hetero) is 2. The van der Waals surface area contributed by atoms with Crippen LogP contribution in [0.5, 0.6) is 5.75 Å². The Labute approximate surface area is 264 Å². The number of ether oxygens (including phenoxy) is 1. The smallest absolute Gasteiger partial charge is 0.339 e. The van der Waals surface area contributed by atoms with E-state index in [1.54, 1.807) is 37.4 Å². The molecular weight excluding hydrogens is 609 g/mol. The molecule has 5 rings (SSSR count). The van der Waals surface area contributed by atoms with Crippen molar-refractivity contribution < 1.29 is 26.9 Å². The highest BCUT2D eigenvalue weighted by atomic mass is 35.5. The summed E-state index contributed by atoms with van der Waals surface area (Å²) < 4.78 is 36.7. The molecular formula is C33H37Cl2NO6S. The van der Waals surface area contributed by atoms with Crippen molar-refractivity contribution >= 4 is 44.9 Å². The number of ketones is 2. The van der Waals surface area contributed by atoms with Crippen molar-refractivity contribution in [1.29, 1.82) is 0 Å². The molecule has 0 fully saturated rings. The van der Waals surface area contributed by atoms with Crippen LogP contribution >= 0.6 is 23.2 Å². The summed E-state index contributed by atoms with van der Waals surface area (Å²) in [6.07, 6.45) is 2.75. The Kier molecular flexibility index (Phi) is 8.64. The van der Waals surface area contributed by atoms with Gasteiger partial charge in [-0.05, 0) is 59.9 Å². The lowest BCUT2D eigenvalue weighted by atomic mass is 9.63. The molecule has 0 N–H and O–H groups in total. The van der Waals surface area contributed by atoms with E-state index in [1.807, 2.05) is 0 Å². The van der Waals surface area contributed by atoms with E-state index in [0.29, 0.717) is 55.5 Å². The fraction of sp³-hybridized carbons (Fsp3) is 0.455. The topological polar surface area (TPSA) is 90.0 Å². The van der Waals surface area contributed by atoms with Gasteiger partial charge in [0, 0.05) is 61.6 Å². The van der Waals surface area contributed by atoms with Crippen molar-refractivity contribution in [3.8, 4) is 5.75 Å². The average Bonchev–Trinajstić information content (AvgIpc) is 2.90. The quantitative estimate of drug-likeness (QED) is 0.217. The lowest BCUT2D eigenvalue weighted by Gasteiger charge is -2.49. The molecule has 0 atom stereocenters. The molecule has 0 bridgehead atoms. The minimum atomic E-state index is -4.21. The SMILES string of the molecule is COCCCN1C2=C(C(=O)CC(C)(C)C2)C(c2cc(Cl)c(OS(=O)(=O)c3ccccc3)c(Cl)c2)C2=C1CC(C)(C)CC2=O. The molecule has 2 aromatic rings. The number of halogens is 2. The van der Waals surface area contributed by atoms with E-state index in [4.69, 9.17) is 32.1 Å². The first-order valence-corrected chi connectivity index (χ1v) is 16.6. The Morgan fingerprint density at radius 3 is 1.86 bits per heavy atom. The van der Waals surface area contributed by atoms with Gasteiger partial charge in [0.25, 0.3) is 0 Å². The van der Waals surface area contributed by atoms with Crippen LogP contribution in [-0.4, -0.2) is 45.1 Å². The molecule has 1 aliphatic heterocycles. The third kappa shape index (κ3) is 6.30. The van der Waals surface area contributed by atoms with E-state index in [-0.39, 0.29) is 43.1 Å². The first kappa shape index (κ1) is 31.8. The molecule has 0 spiro atoms. The van der Waals surface area contributed by atoms with Gasteiger partial charge in [0.15, 0.2) is 17.3 Å². The van der Waals surface area contributed by atoms with Gasteiger partial charge in [-0.15, -0.1) is 0 Å². The van der Waals surface area contributed by atoms with E-state index >= 15 is 0 Å². The first-order valence-electron chi connectivity index (χ1n) is 14.4.